The molecule has 0 fully saturated rings. The minimum atomic E-state index is 0.757. The molecule has 0 atom stereocenters. The molecule has 0 saturated carbocycles. The Morgan fingerprint density at radius 3 is 2.67 bits per heavy atom. The molecule has 12 heavy (non-hydrogen) atoms. The van der Waals surface area contributed by atoms with Gasteiger partial charge >= 0.3 is 0 Å². The molecule has 1 aromatic carbocycles. The van der Waals surface area contributed by atoms with E-state index >= 15 is 0 Å². The van der Waals surface area contributed by atoms with E-state index in [1.165, 1.54) is 5.56 Å². The summed E-state index contributed by atoms with van der Waals surface area (Å²) in [5, 5.41) is 0.757. The molecular weight excluding hydrogens is 170 g/mol. The summed E-state index contributed by atoms with van der Waals surface area (Å²) in [6.07, 6.45) is 2.15. The summed E-state index contributed by atoms with van der Waals surface area (Å²) in [6, 6.07) is 3.92. The van der Waals surface area contributed by atoms with Crippen LogP contribution in [0.2, 0.25) is 5.02 Å². The number of hydrogen-bond donors (Lipinski definition) is 1. The van der Waals surface area contributed by atoms with E-state index in [1.807, 2.05) is 19.1 Å². The van der Waals surface area contributed by atoms with E-state index in [4.69, 9.17) is 17.3 Å². The van der Waals surface area contributed by atoms with Crippen LogP contribution in [0.5, 0.6) is 0 Å². The van der Waals surface area contributed by atoms with Crippen molar-refractivity contribution in [1.29, 1.82) is 0 Å². The Bertz CT molecular complexity index is 281. The first-order chi connectivity index (χ1) is 5.66. The molecule has 0 bridgehead atoms. The normalized spacial score (nSPS) is 10.2. The second-order valence-corrected chi connectivity index (χ2v) is 3.40. The molecule has 0 amide bonds. The summed E-state index contributed by atoms with van der Waals surface area (Å²) in [5.41, 5.74) is 8.95. The van der Waals surface area contributed by atoms with Crippen LogP contribution in [-0.4, -0.2) is 0 Å². The number of rotatable bonds is 2. The van der Waals surface area contributed by atoms with Crippen LogP contribution in [0, 0.1) is 6.92 Å². The zero-order valence-corrected chi connectivity index (χ0v) is 8.28. The largest absolute Gasteiger partial charge is 0.398 e. The van der Waals surface area contributed by atoms with Gasteiger partial charge in [0.2, 0.25) is 0 Å². The average molecular weight is 184 g/mol. The molecule has 2 heteroatoms. The minimum absolute atomic E-state index is 0.757. The fourth-order valence-electron chi connectivity index (χ4n) is 1.25. The molecule has 66 valence electrons. The van der Waals surface area contributed by atoms with Crippen LogP contribution in [0.3, 0.4) is 0 Å². The van der Waals surface area contributed by atoms with Gasteiger partial charge in [0.1, 0.15) is 0 Å². The van der Waals surface area contributed by atoms with Crippen molar-refractivity contribution in [2.24, 2.45) is 0 Å². The van der Waals surface area contributed by atoms with Crippen LogP contribution >= 0.6 is 11.6 Å². The molecule has 1 nitrogen and oxygen atoms in total. The first-order valence-corrected chi connectivity index (χ1v) is 4.58. The van der Waals surface area contributed by atoms with Crippen LogP contribution in [0.1, 0.15) is 24.5 Å². The first kappa shape index (κ1) is 9.40. The Balaban J connectivity index is 3.08. The second-order valence-electron chi connectivity index (χ2n) is 3.00. The van der Waals surface area contributed by atoms with Crippen molar-refractivity contribution in [2.45, 2.75) is 26.7 Å². The Kier molecular flexibility index (Phi) is 2.99. The number of benzene rings is 1. The van der Waals surface area contributed by atoms with Gasteiger partial charge in [-0.2, -0.15) is 0 Å². The van der Waals surface area contributed by atoms with E-state index in [2.05, 4.69) is 6.92 Å². The first-order valence-electron chi connectivity index (χ1n) is 4.20. The zero-order chi connectivity index (χ0) is 9.14. The number of anilines is 1. The van der Waals surface area contributed by atoms with Crippen LogP contribution < -0.4 is 5.73 Å². The summed E-state index contributed by atoms with van der Waals surface area (Å²) in [5.74, 6) is 0. The van der Waals surface area contributed by atoms with Crippen molar-refractivity contribution in [3.05, 3.63) is 28.3 Å². The van der Waals surface area contributed by atoms with Crippen molar-refractivity contribution >= 4 is 17.3 Å². The average Bonchev–Trinajstić information content (AvgIpc) is 2.07. The molecule has 0 radical (unpaired) electrons. The van der Waals surface area contributed by atoms with Crippen LogP contribution in [0.25, 0.3) is 0 Å². The Labute approximate surface area is 78.5 Å². The molecule has 0 aliphatic rings. The van der Waals surface area contributed by atoms with Gasteiger partial charge in [-0.15, -0.1) is 0 Å². The second kappa shape index (κ2) is 3.81. The molecule has 1 rings (SSSR count). The van der Waals surface area contributed by atoms with E-state index in [0.29, 0.717) is 0 Å². The quantitative estimate of drug-likeness (QED) is 0.701. The Morgan fingerprint density at radius 2 is 2.08 bits per heavy atom. The predicted molar refractivity (Wildman–Crippen MR) is 54.6 cm³/mol. The highest BCUT2D eigenvalue weighted by atomic mass is 35.5. The lowest BCUT2D eigenvalue weighted by atomic mass is 10.0. The lowest BCUT2D eigenvalue weighted by Crippen LogP contribution is -1.97. The van der Waals surface area contributed by atoms with Crippen molar-refractivity contribution in [1.82, 2.24) is 0 Å². The van der Waals surface area contributed by atoms with Gasteiger partial charge < -0.3 is 5.73 Å². The van der Waals surface area contributed by atoms with Crippen LogP contribution in [0.4, 0.5) is 5.69 Å². The summed E-state index contributed by atoms with van der Waals surface area (Å²) in [6.45, 7) is 4.10. The zero-order valence-electron chi connectivity index (χ0n) is 7.52. The van der Waals surface area contributed by atoms with Gasteiger partial charge in [0.15, 0.2) is 0 Å². The van der Waals surface area contributed by atoms with Crippen LogP contribution in [-0.2, 0) is 6.42 Å². The van der Waals surface area contributed by atoms with Gasteiger partial charge in [0.05, 0.1) is 0 Å². The molecule has 1 aromatic rings. The standard InChI is InChI=1S/C10H14ClN/c1-3-4-8-5-6-9(11)7(2)10(8)12/h5-6H,3-4,12H2,1-2H3. The van der Waals surface area contributed by atoms with Crippen molar-refractivity contribution in [3.63, 3.8) is 0 Å². The van der Waals surface area contributed by atoms with Gasteiger partial charge in [-0.05, 0) is 30.5 Å². The lowest BCUT2D eigenvalue weighted by Gasteiger charge is -2.08. The molecule has 0 aliphatic heterocycles. The van der Waals surface area contributed by atoms with Gasteiger partial charge in [-0.25, -0.2) is 0 Å². The summed E-state index contributed by atoms with van der Waals surface area (Å²) >= 11 is 5.91. The summed E-state index contributed by atoms with van der Waals surface area (Å²) in [7, 11) is 0. The van der Waals surface area contributed by atoms with Crippen molar-refractivity contribution in [3.8, 4) is 0 Å². The number of hydrogen-bond acceptors (Lipinski definition) is 1. The third-order valence-electron chi connectivity index (χ3n) is 2.06. The molecule has 0 saturated heterocycles. The number of aryl methyl sites for hydroxylation is 1. The Morgan fingerprint density at radius 1 is 1.42 bits per heavy atom. The number of nitrogen functional groups attached to an aromatic ring is 1. The molecule has 0 aliphatic carbocycles. The maximum absolute atomic E-state index is 5.91. The SMILES string of the molecule is CCCc1ccc(Cl)c(C)c1N. The molecule has 0 heterocycles. The third-order valence-corrected chi connectivity index (χ3v) is 2.47. The molecule has 0 unspecified atom stereocenters. The smallest absolute Gasteiger partial charge is 0.0455 e. The molecule has 0 aromatic heterocycles. The molecular formula is C10H14ClN. The number of halogens is 1. The fraction of sp³-hybridized carbons (Fsp3) is 0.400. The van der Waals surface area contributed by atoms with Gasteiger partial charge in [-0.3, -0.25) is 0 Å². The monoisotopic (exact) mass is 183 g/mol. The van der Waals surface area contributed by atoms with Crippen LogP contribution in [0.15, 0.2) is 12.1 Å². The molecule has 2 N–H and O–H groups in total. The van der Waals surface area contributed by atoms with E-state index < -0.39 is 0 Å². The maximum Gasteiger partial charge on any atom is 0.0455 e. The van der Waals surface area contributed by atoms with Crippen molar-refractivity contribution < 1.29 is 0 Å². The highest BCUT2D eigenvalue weighted by molar-refractivity contribution is 6.31. The van der Waals surface area contributed by atoms with E-state index in [9.17, 15) is 0 Å². The Hall–Kier alpha value is -0.690. The van der Waals surface area contributed by atoms with Gasteiger partial charge in [-0.1, -0.05) is 31.0 Å². The lowest BCUT2D eigenvalue weighted by molar-refractivity contribution is 0.923. The predicted octanol–water partition coefficient (Wildman–Crippen LogP) is 3.18. The maximum atomic E-state index is 5.91. The number of nitrogens with two attached hydrogens (primary N) is 1. The highest BCUT2D eigenvalue weighted by Gasteiger charge is 2.03. The van der Waals surface area contributed by atoms with E-state index in [-0.39, 0.29) is 0 Å². The van der Waals surface area contributed by atoms with E-state index in [1.54, 1.807) is 0 Å². The third kappa shape index (κ3) is 1.72. The summed E-state index contributed by atoms with van der Waals surface area (Å²) < 4.78 is 0. The highest BCUT2D eigenvalue weighted by Crippen LogP contribution is 2.25. The van der Waals surface area contributed by atoms with Gasteiger partial charge in [0.25, 0.3) is 0 Å². The topological polar surface area (TPSA) is 26.0 Å². The summed E-state index contributed by atoms with van der Waals surface area (Å²) in [4.78, 5) is 0. The molecule has 0 spiro atoms. The van der Waals surface area contributed by atoms with Gasteiger partial charge in [0, 0.05) is 10.7 Å². The van der Waals surface area contributed by atoms with Crippen molar-refractivity contribution in [2.75, 3.05) is 5.73 Å². The minimum Gasteiger partial charge on any atom is -0.398 e. The van der Waals surface area contributed by atoms with E-state index in [0.717, 1.165) is 29.1 Å². The fourth-order valence-corrected chi connectivity index (χ4v) is 1.41.